The SMILES string of the molecule is O=C1CCC2N1CC(=O)N2c1ccc(CO)cc1. The van der Waals surface area contributed by atoms with Crippen molar-refractivity contribution in [1.82, 2.24) is 4.90 Å². The largest absolute Gasteiger partial charge is 0.392 e. The molecule has 1 N–H and O–H groups in total. The van der Waals surface area contributed by atoms with Crippen LogP contribution in [0.1, 0.15) is 18.4 Å². The number of aliphatic hydroxyl groups is 1. The molecule has 0 radical (unpaired) electrons. The van der Waals surface area contributed by atoms with Crippen LogP contribution in [0.25, 0.3) is 0 Å². The topological polar surface area (TPSA) is 60.9 Å². The highest BCUT2D eigenvalue weighted by atomic mass is 16.3. The Bertz CT molecular complexity index is 497. The Balaban J connectivity index is 1.90. The maximum atomic E-state index is 12.0. The molecule has 5 heteroatoms. The molecule has 2 heterocycles. The van der Waals surface area contributed by atoms with Gasteiger partial charge in [0.1, 0.15) is 12.7 Å². The van der Waals surface area contributed by atoms with Gasteiger partial charge in [-0.15, -0.1) is 0 Å². The van der Waals surface area contributed by atoms with E-state index in [0.717, 1.165) is 11.3 Å². The number of aliphatic hydroxyl groups excluding tert-OH is 1. The molecule has 1 atom stereocenters. The zero-order valence-electron chi connectivity index (χ0n) is 9.87. The summed E-state index contributed by atoms with van der Waals surface area (Å²) in [6.45, 7) is 0.174. The summed E-state index contributed by atoms with van der Waals surface area (Å²) in [4.78, 5) is 26.9. The van der Waals surface area contributed by atoms with E-state index in [1.165, 1.54) is 0 Å². The molecule has 3 rings (SSSR count). The number of benzene rings is 1. The molecule has 2 fully saturated rings. The number of anilines is 1. The van der Waals surface area contributed by atoms with Crippen molar-refractivity contribution < 1.29 is 14.7 Å². The molecule has 2 aliphatic heterocycles. The van der Waals surface area contributed by atoms with E-state index < -0.39 is 0 Å². The first kappa shape index (κ1) is 11.2. The second kappa shape index (κ2) is 4.10. The molecule has 1 aromatic rings. The lowest BCUT2D eigenvalue weighted by atomic mass is 10.2. The van der Waals surface area contributed by atoms with E-state index in [2.05, 4.69) is 0 Å². The average Bonchev–Trinajstić information content (AvgIpc) is 2.89. The molecule has 18 heavy (non-hydrogen) atoms. The second-order valence-corrected chi connectivity index (χ2v) is 4.63. The molecule has 0 aromatic heterocycles. The molecule has 5 nitrogen and oxygen atoms in total. The lowest BCUT2D eigenvalue weighted by Gasteiger charge is -2.24. The zero-order chi connectivity index (χ0) is 12.7. The fraction of sp³-hybridized carbons (Fsp3) is 0.385. The van der Waals surface area contributed by atoms with Crippen LogP contribution < -0.4 is 4.90 Å². The Morgan fingerprint density at radius 3 is 2.56 bits per heavy atom. The lowest BCUT2D eigenvalue weighted by Crippen LogP contribution is -2.36. The van der Waals surface area contributed by atoms with Gasteiger partial charge in [0, 0.05) is 12.1 Å². The molecule has 94 valence electrons. The van der Waals surface area contributed by atoms with E-state index >= 15 is 0 Å². The van der Waals surface area contributed by atoms with Gasteiger partial charge in [-0.25, -0.2) is 0 Å². The third kappa shape index (κ3) is 1.59. The number of hydrogen-bond acceptors (Lipinski definition) is 3. The molecule has 0 saturated carbocycles. The van der Waals surface area contributed by atoms with Crippen LogP contribution in [0.2, 0.25) is 0 Å². The zero-order valence-corrected chi connectivity index (χ0v) is 9.87. The van der Waals surface area contributed by atoms with Crippen molar-refractivity contribution in [3.63, 3.8) is 0 Å². The quantitative estimate of drug-likeness (QED) is 0.825. The molecular formula is C13H14N2O3. The minimum Gasteiger partial charge on any atom is -0.392 e. The molecule has 1 unspecified atom stereocenters. The highest BCUT2D eigenvalue weighted by Crippen LogP contribution is 2.32. The number of carbonyl (C=O) groups is 2. The number of rotatable bonds is 2. The summed E-state index contributed by atoms with van der Waals surface area (Å²) in [6, 6.07) is 7.22. The fourth-order valence-corrected chi connectivity index (χ4v) is 2.65. The second-order valence-electron chi connectivity index (χ2n) is 4.63. The summed E-state index contributed by atoms with van der Waals surface area (Å²) in [7, 11) is 0. The number of fused-ring (bicyclic) bond motifs is 1. The molecule has 2 aliphatic rings. The van der Waals surface area contributed by atoms with E-state index in [1.54, 1.807) is 21.9 Å². The van der Waals surface area contributed by atoms with Crippen LogP contribution in [0, 0.1) is 0 Å². The third-order valence-electron chi connectivity index (χ3n) is 3.57. The van der Waals surface area contributed by atoms with Gasteiger partial charge in [0.2, 0.25) is 11.8 Å². The Kier molecular flexibility index (Phi) is 2.56. The molecule has 1 aromatic carbocycles. The van der Waals surface area contributed by atoms with E-state index in [0.29, 0.717) is 12.8 Å². The number of amides is 2. The van der Waals surface area contributed by atoms with Gasteiger partial charge in [-0.2, -0.15) is 0 Å². The number of hydrogen-bond donors (Lipinski definition) is 1. The Morgan fingerprint density at radius 2 is 1.89 bits per heavy atom. The molecule has 0 bridgehead atoms. The molecule has 2 amide bonds. The lowest BCUT2D eigenvalue weighted by molar-refractivity contribution is -0.129. The van der Waals surface area contributed by atoms with Crippen molar-refractivity contribution >= 4 is 17.5 Å². The van der Waals surface area contributed by atoms with Crippen molar-refractivity contribution in [3.8, 4) is 0 Å². The van der Waals surface area contributed by atoms with E-state index in [9.17, 15) is 9.59 Å². The molecule has 0 aliphatic carbocycles. The maximum absolute atomic E-state index is 12.0. The first-order chi connectivity index (χ1) is 8.70. The summed E-state index contributed by atoms with van der Waals surface area (Å²) < 4.78 is 0. The number of nitrogens with zero attached hydrogens (tertiary/aromatic N) is 2. The summed E-state index contributed by atoms with van der Waals surface area (Å²) in [6.07, 6.45) is 1.10. The van der Waals surface area contributed by atoms with E-state index in [-0.39, 0.29) is 31.1 Å². The minimum atomic E-state index is -0.120. The summed E-state index contributed by atoms with van der Waals surface area (Å²) in [5, 5.41) is 9.00. The minimum absolute atomic E-state index is 0.0116. The maximum Gasteiger partial charge on any atom is 0.248 e. The van der Waals surface area contributed by atoms with Crippen LogP contribution in [0.15, 0.2) is 24.3 Å². The van der Waals surface area contributed by atoms with Gasteiger partial charge in [0.25, 0.3) is 0 Å². The van der Waals surface area contributed by atoms with Gasteiger partial charge in [0.15, 0.2) is 0 Å². The van der Waals surface area contributed by atoms with Gasteiger partial charge >= 0.3 is 0 Å². The first-order valence-electron chi connectivity index (χ1n) is 6.02. The Labute approximate surface area is 105 Å². The molecular weight excluding hydrogens is 232 g/mol. The van der Waals surface area contributed by atoms with Crippen molar-refractivity contribution in [3.05, 3.63) is 29.8 Å². The van der Waals surface area contributed by atoms with Crippen LogP contribution in [0.4, 0.5) is 5.69 Å². The van der Waals surface area contributed by atoms with Crippen molar-refractivity contribution in [1.29, 1.82) is 0 Å². The van der Waals surface area contributed by atoms with Crippen LogP contribution in [0.3, 0.4) is 0 Å². The molecule has 2 saturated heterocycles. The van der Waals surface area contributed by atoms with Crippen molar-refractivity contribution in [2.75, 3.05) is 11.4 Å². The Hall–Kier alpha value is -1.88. The Morgan fingerprint density at radius 1 is 1.17 bits per heavy atom. The number of carbonyl (C=O) groups excluding carboxylic acids is 2. The monoisotopic (exact) mass is 246 g/mol. The van der Waals surface area contributed by atoms with Crippen LogP contribution in [0.5, 0.6) is 0 Å². The summed E-state index contributed by atoms with van der Waals surface area (Å²) >= 11 is 0. The van der Waals surface area contributed by atoms with Crippen molar-refractivity contribution in [2.45, 2.75) is 25.6 Å². The first-order valence-corrected chi connectivity index (χ1v) is 6.02. The smallest absolute Gasteiger partial charge is 0.248 e. The van der Waals surface area contributed by atoms with Crippen LogP contribution in [-0.4, -0.2) is 34.5 Å². The van der Waals surface area contributed by atoms with Crippen LogP contribution in [-0.2, 0) is 16.2 Å². The van der Waals surface area contributed by atoms with Gasteiger partial charge in [-0.1, -0.05) is 12.1 Å². The highest BCUT2D eigenvalue weighted by Gasteiger charge is 2.44. The third-order valence-corrected chi connectivity index (χ3v) is 3.57. The van der Waals surface area contributed by atoms with Crippen LogP contribution >= 0.6 is 0 Å². The normalized spacial score (nSPS) is 22.8. The van der Waals surface area contributed by atoms with E-state index in [1.807, 2.05) is 12.1 Å². The average molecular weight is 246 g/mol. The fourth-order valence-electron chi connectivity index (χ4n) is 2.65. The summed E-state index contributed by atoms with van der Waals surface area (Å²) in [5.41, 5.74) is 1.60. The van der Waals surface area contributed by atoms with Gasteiger partial charge in [-0.05, 0) is 24.1 Å². The predicted octanol–water partition coefficient (Wildman–Crippen LogP) is 0.474. The summed E-state index contributed by atoms with van der Waals surface area (Å²) in [5.74, 6) is 0.0210. The predicted molar refractivity (Wildman–Crippen MR) is 64.6 cm³/mol. The van der Waals surface area contributed by atoms with Crippen molar-refractivity contribution in [2.24, 2.45) is 0 Å². The molecule has 0 spiro atoms. The van der Waals surface area contributed by atoms with E-state index in [4.69, 9.17) is 5.11 Å². The van der Waals surface area contributed by atoms with Gasteiger partial charge in [0.05, 0.1) is 6.61 Å². The highest BCUT2D eigenvalue weighted by molar-refractivity contribution is 6.02. The standard InChI is InChI=1S/C13H14N2O3/c16-8-9-1-3-10(4-2-9)15-11-5-6-12(17)14(11)7-13(15)18/h1-4,11,16H,5-8H2. The van der Waals surface area contributed by atoms with Gasteiger partial charge < -0.3 is 10.0 Å². The van der Waals surface area contributed by atoms with Gasteiger partial charge in [-0.3, -0.25) is 14.5 Å².